The van der Waals surface area contributed by atoms with Crippen LogP contribution in [0.4, 0.5) is 5.82 Å². The number of pyridine rings is 1. The van der Waals surface area contributed by atoms with E-state index in [1.165, 1.54) is 0 Å². The summed E-state index contributed by atoms with van der Waals surface area (Å²) in [6.07, 6.45) is 4.22. The maximum Gasteiger partial charge on any atom is 0.258 e. The molecule has 94 valence electrons. The van der Waals surface area contributed by atoms with Gasteiger partial charge in [-0.25, -0.2) is 4.68 Å². The number of rotatable bonds is 4. The summed E-state index contributed by atoms with van der Waals surface area (Å²) in [6, 6.07) is 5.37. The maximum absolute atomic E-state index is 12.0. The Balaban J connectivity index is 2.11. The minimum atomic E-state index is -0.166. The number of carbonyl (C=O) groups is 1. The Morgan fingerprint density at radius 1 is 1.39 bits per heavy atom. The third-order valence-electron chi connectivity index (χ3n) is 2.57. The number of aryl methyl sites for hydroxylation is 2. The van der Waals surface area contributed by atoms with Crippen molar-refractivity contribution in [3.63, 3.8) is 0 Å². The van der Waals surface area contributed by atoms with E-state index in [1.807, 2.05) is 13.0 Å². The average molecular weight is 244 g/mol. The molecule has 0 saturated carbocycles. The topological polar surface area (TPSA) is 59.8 Å². The Bertz CT molecular complexity index is 530. The third kappa shape index (κ3) is 2.74. The molecule has 0 aliphatic carbocycles. The van der Waals surface area contributed by atoms with Gasteiger partial charge in [0.1, 0.15) is 5.82 Å². The van der Waals surface area contributed by atoms with Gasteiger partial charge in [-0.05, 0) is 25.5 Å². The van der Waals surface area contributed by atoms with Crippen molar-refractivity contribution in [2.45, 2.75) is 26.8 Å². The first kappa shape index (κ1) is 12.3. The van der Waals surface area contributed by atoms with Gasteiger partial charge < -0.3 is 5.32 Å². The first-order valence-corrected chi connectivity index (χ1v) is 5.96. The number of nitrogens with zero attached hydrogens (tertiary/aromatic N) is 3. The Kier molecular flexibility index (Phi) is 3.72. The van der Waals surface area contributed by atoms with Crippen LogP contribution in [0.3, 0.4) is 0 Å². The zero-order valence-electron chi connectivity index (χ0n) is 10.6. The van der Waals surface area contributed by atoms with Crippen LogP contribution in [0.15, 0.2) is 30.6 Å². The Labute approximate surface area is 106 Å². The quantitative estimate of drug-likeness (QED) is 0.897. The maximum atomic E-state index is 12.0. The highest BCUT2D eigenvalue weighted by Crippen LogP contribution is 2.09. The molecule has 2 aromatic heterocycles. The van der Waals surface area contributed by atoms with Gasteiger partial charge in [0.25, 0.3) is 5.91 Å². The van der Waals surface area contributed by atoms with Crippen molar-refractivity contribution in [3.05, 3.63) is 41.9 Å². The predicted octanol–water partition coefficient (Wildman–Crippen LogP) is 2.25. The molecule has 0 aromatic carbocycles. The van der Waals surface area contributed by atoms with E-state index in [4.69, 9.17) is 0 Å². The molecule has 0 atom stereocenters. The van der Waals surface area contributed by atoms with Crippen LogP contribution in [0.5, 0.6) is 0 Å². The summed E-state index contributed by atoms with van der Waals surface area (Å²) in [6.45, 7) is 4.74. The van der Waals surface area contributed by atoms with Crippen LogP contribution in [0, 0.1) is 6.92 Å². The molecule has 5 heteroatoms. The Morgan fingerprint density at radius 3 is 2.89 bits per heavy atom. The van der Waals surface area contributed by atoms with Gasteiger partial charge in [-0.1, -0.05) is 6.92 Å². The smallest absolute Gasteiger partial charge is 0.258 e. The lowest BCUT2D eigenvalue weighted by atomic mass is 10.2. The van der Waals surface area contributed by atoms with E-state index in [0.29, 0.717) is 11.4 Å². The van der Waals surface area contributed by atoms with E-state index in [9.17, 15) is 4.79 Å². The lowest BCUT2D eigenvalue weighted by molar-refractivity contribution is 0.102. The number of aromatic nitrogens is 3. The lowest BCUT2D eigenvalue weighted by Crippen LogP contribution is -2.16. The van der Waals surface area contributed by atoms with Gasteiger partial charge in [-0.3, -0.25) is 9.78 Å². The highest BCUT2D eigenvalue weighted by Gasteiger charge is 2.09. The largest absolute Gasteiger partial charge is 0.307 e. The van der Waals surface area contributed by atoms with Crippen LogP contribution in [-0.4, -0.2) is 20.7 Å². The average Bonchev–Trinajstić information content (AvgIpc) is 2.78. The van der Waals surface area contributed by atoms with Crippen molar-refractivity contribution in [3.8, 4) is 0 Å². The number of hydrogen-bond acceptors (Lipinski definition) is 3. The van der Waals surface area contributed by atoms with Crippen LogP contribution in [-0.2, 0) is 6.54 Å². The van der Waals surface area contributed by atoms with Crippen molar-refractivity contribution in [2.24, 2.45) is 0 Å². The fraction of sp³-hybridized carbons (Fsp3) is 0.308. The molecule has 0 bridgehead atoms. The fourth-order valence-electron chi connectivity index (χ4n) is 1.62. The standard InChI is InChI=1S/C13H16N4O/c1-3-8-17-12(6-7-15-17)16-13(18)11-5-4-10(2)14-9-11/h4-7,9H,3,8H2,1-2H3,(H,16,18). The second-order valence-corrected chi connectivity index (χ2v) is 4.08. The molecular formula is C13H16N4O. The van der Waals surface area contributed by atoms with Crippen molar-refractivity contribution in [1.29, 1.82) is 0 Å². The van der Waals surface area contributed by atoms with Gasteiger partial charge in [0, 0.05) is 24.5 Å². The summed E-state index contributed by atoms with van der Waals surface area (Å²) >= 11 is 0. The zero-order chi connectivity index (χ0) is 13.0. The van der Waals surface area contributed by atoms with Crippen molar-refractivity contribution in [2.75, 3.05) is 5.32 Å². The summed E-state index contributed by atoms with van der Waals surface area (Å²) in [5.74, 6) is 0.544. The van der Waals surface area contributed by atoms with Crippen LogP contribution in [0.25, 0.3) is 0 Å². The summed E-state index contributed by atoms with van der Waals surface area (Å²) in [4.78, 5) is 16.1. The molecular weight excluding hydrogens is 228 g/mol. The van der Waals surface area contributed by atoms with E-state index in [2.05, 4.69) is 22.3 Å². The molecule has 0 saturated heterocycles. The predicted molar refractivity (Wildman–Crippen MR) is 69.4 cm³/mol. The molecule has 5 nitrogen and oxygen atoms in total. The molecule has 0 aliphatic rings. The van der Waals surface area contributed by atoms with Crippen LogP contribution in [0.2, 0.25) is 0 Å². The summed E-state index contributed by atoms with van der Waals surface area (Å²) < 4.78 is 1.78. The second kappa shape index (κ2) is 5.44. The van der Waals surface area contributed by atoms with Gasteiger partial charge >= 0.3 is 0 Å². The fourth-order valence-corrected chi connectivity index (χ4v) is 1.62. The highest BCUT2D eigenvalue weighted by molar-refractivity contribution is 6.03. The van der Waals surface area contributed by atoms with Crippen molar-refractivity contribution < 1.29 is 4.79 Å². The van der Waals surface area contributed by atoms with Gasteiger partial charge in [-0.2, -0.15) is 5.10 Å². The first-order chi connectivity index (χ1) is 8.70. The number of amides is 1. The van der Waals surface area contributed by atoms with Crippen LogP contribution >= 0.6 is 0 Å². The molecule has 2 heterocycles. The van der Waals surface area contributed by atoms with Gasteiger partial charge in [-0.15, -0.1) is 0 Å². The minimum Gasteiger partial charge on any atom is -0.307 e. The van der Waals surface area contributed by atoms with E-state index in [1.54, 1.807) is 29.2 Å². The van der Waals surface area contributed by atoms with Crippen molar-refractivity contribution >= 4 is 11.7 Å². The first-order valence-electron chi connectivity index (χ1n) is 5.96. The highest BCUT2D eigenvalue weighted by atomic mass is 16.1. The number of hydrogen-bond donors (Lipinski definition) is 1. The molecule has 0 unspecified atom stereocenters. The number of carbonyl (C=O) groups excluding carboxylic acids is 1. The van der Waals surface area contributed by atoms with E-state index < -0.39 is 0 Å². The molecule has 0 fully saturated rings. The van der Waals surface area contributed by atoms with E-state index >= 15 is 0 Å². The minimum absolute atomic E-state index is 0.166. The van der Waals surface area contributed by atoms with Crippen LogP contribution < -0.4 is 5.32 Å². The Morgan fingerprint density at radius 2 is 2.22 bits per heavy atom. The van der Waals surface area contributed by atoms with Gasteiger partial charge in [0.05, 0.1) is 11.8 Å². The summed E-state index contributed by atoms with van der Waals surface area (Å²) in [5.41, 5.74) is 1.44. The molecule has 18 heavy (non-hydrogen) atoms. The third-order valence-corrected chi connectivity index (χ3v) is 2.57. The summed E-state index contributed by atoms with van der Waals surface area (Å²) in [5, 5.41) is 6.99. The monoisotopic (exact) mass is 244 g/mol. The molecule has 1 amide bonds. The molecule has 0 aliphatic heterocycles. The lowest BCUT2D eigenvalue weighted by Gasteiger charge is -2.07. The molecule has 0 spiro atoms. The second-order valence-electron chi connectivity index (χ2n) is 4.08. The van der Waals surface area contributed by atoms with E-state index in [0.717, 1.165) is 18.7 Å². The van der Waals surface area contributed by atoms with Gasteiger partial charge in [0.15, 0.2) is 0 Å². The summed E-state index contributed by atoms with van der Waals surface area (Å²) in [7, 11) is 0. The van der Waals surface area contributed by atoms with Gasteiger partial charge in [0.2, 0.25) is 0 Å². The Hall–Kier alpha value is -2.17. The normalized spacial score (nSPS) is 10.3. The number of anilines is 1. The molecule has 0 radical (unpaired) electrons. The van der Waals surface area contributed by atoms with Crippen molar-refractivity contribution in [1.82, 2.24) is 14.8 Å². The molecule has 2 rings (SSSR count). The SMILES string of the molecule is CCCn1nccc1NC(=O)c1ccc(C)nc1. The van der Waals surface area contributed by atoms with E-state index in [-0.39, 0.29) is 5.91 Å². The molecule has 2 aromatic rings. The number of nitrogens with one attached hydrogen (secondary N) is 1. The molecule has 1 N–H and O–H groups in total. The zero-order valence-corrected chi connectivity index (χ0v) is 10.6. The van der Waals surface area contributed by atoms with Crippen LogP contribution in [0.1, 0.15) is 29.4 Å².